The zero-order chi connectivity index (χ0) is 24.3. The number of benzene rings is 3. The monoisotopic (exact) mass is 539 g/mol. The van der Waals surface area contributed by atoms with Gasteiger partial charge in [-0.2, -0.15) is 0 Å². The summed E-state index contributed by atoms with van der Waals surface area (Å²) in [6.07, 6.45) is 4.68. The van der Waals surface area contributed by atoms with Crippen molar-refractivity contribution >= 4 is 43.7 Å². The third-order valence-electron chi connectivity index (χ3n) is 7.83. The molecule has 0 bridgehead atoms. The lowest BCUT2D eigenvalue weighted by Gasteiger charge is -2.28. The van der Waals surface area contributed by atoms with Gasteiger partial charge in [0.1, 0.15) is 22.7 Å². The summed E-state index contributed by atoms with van der Waals surface area (Å²) in [5.41, 5.74) is 5.86. The second-order valence-corrected chi connectivity index (χ2v) is 11.1. The molecule has 36 heavy (non-hydrogen) atoms. The number of Topliss-reactive ketones (excluding diaryl/α,β-unsaturated/α-hetero) is 1. The van der Waals surface area contributed by atoms with Gasteiger partial charge < -0.3 is 14.3 Å². The Morgan fingerprint density at radius 3 is 2.64 bits per heavy atom. The molecule has 3 aromatic carbocycles. The fourth-order valence-corrected chi connectivity index (χ4v) is 6.14. The van der Waals surface area contributed by atoms with E-state index in [2.05, 4.69) is 68.3 Å². The zero-order valence-corrected chi connectivity index (χ0v) is 21.4. The summed E-state index contributed by atoms with van der Waals surface area (Å²) in [5, 5.41) is 4.57. The van der Waals surface area contributed by atoms with Gasteiger partial charge in [-0.25, -0.2) is 4.98 Å². The van der Waals surface area contributed by atoms with Gasteiger partial charge in [-0.05, 0) is 83.2 Å². The largest absolute Gasteiger partial charge is 0.464 e. The van der Waals surface area contributed by atoms with Gasteiger partial charge in [0, 0.05) is 34.4 Å². The first-order valence-corrected chi connectivity index (χ1v) is 13.4. The Morgan fingerprint density at radius 2 is 1.86 bits per heavy atom. The predicted octanol–water partition coefficient (Wildman–Crippen LogP) is 6.84. The molecule has 1 aliphatic carbocycles. The van der Waals surface area contributed by atoms with Crippen LogP contribution in [0.15, 0.2) is 81.9 Å². The van der Waals surface area contributed by atoms with Crippen LogP contribution < -0.4 is 5.32 Å². The molecule has 1 saturated heterocycles. The smallest absolute Gasteiger partial charge is 0.145 e. The van der Waals surface area contributed by atoms with Gasteiger partial charge >= 0.3 is 0 Å². The Balaban J connectivity index is 1.31. The Morgan fingerprint density at radius 1 is 1.06 bits per heavy atom. The van der Waals surface area contributed by atoms with E-state index in [-0.39, 0.29) is 11.3 Å². The molecule has 3 heterocycles. The zero-order valence-electron chi connectivity index (χ0n) is 19.8. The lowest BCUT2D eigenvalue weighted by Crippen LogP contribution is -2.39. The highest BCUT2D eigenvalue weighted by Crippen LogP contribution is 2.43. The van der Waals surface area contributed by atoms with Crippen LogP contribution >= 0.6 is 15.9 Å². The molecule has 0 unspecified atom stereocenters. The lowest BCUT2D eigenvalue weighted by molar-refractivity contribution is -0.129. The van der Waals surface area contributed by atoms with E-state index in [0.717, 1.165) is 81.3 Å². The number of fused-ring (bicyclic) bond motifs is 2. The second kappa shape index (κ2) is 8.43. The molecule has 180 valence electrons. The van der Waals surface area contributed by atoms with E-state index in [1.165, 1.54) is 0 Å². The first kappa shape index (κ1) is 22.0. The summed E-state index contributed by atoms with van der Waals surface area (Å²) >= 11 is 3.70. The van der Waals surface area contributed by atoms with Crippen LogP contribution in [0.1, 0.15) is 19.3 Å². The number of carbonyl (C=O) groups excluding carboxylic acids is 1. The third kappa shape index (κ3) is 3.62. The molecule has 2 aromatic heterocycles. The van der Waals surface area contributed by atoms with Crippen molar-refractivity contribution in [2.75, 3.05) is 13.1 Å². The second-order valence-electron chi connectivity index (χ2n) is 10.2. The molecular formula is C30H26BrN3O2. The molecule has 1 N–H and O–H groups in total. The van der Waals surface area contributed by atoms with Crippen LogP contribution in [-0.4, -0.2) is 28.4 Å². The number of para-hydroxylation sites is 1. The van der Waals surface area contributed by atoms with Crippen molar-refractivity contribution in [3.05, 3.63) is 77.5 Å². The first-order valence-electron chi connectivity index (χ1n) is 12.6. The van der Waals surface area contributed by atoms with Crippen molar-refractivity contribution in [3.8, 4) is 22.5 Å². The molecule has 2 fully saturated rings. The van der Waals surface area contributed by atoms with Gasteiger partial charge in [-0.3, -0.25) is 4.79 Å². The van der Waals surface area contributed by atoms with E-state index in [9.17, 15) is 4.79 Å². The number of rotatable bonds is 6. The van der Waals surface area contributed by atoms with Crippen molar-refractivity contribution in [2.24, 2.45) is 11.3 Å². The number of nitrogens with zero attached hydrogens (tertiary/aromatic N) is 2. The topological polar surface area (TPSA) is 60.1 Å². The summed E-state index contributed by atoms with van der Waals surface area (Å²) in [7, 11) is 0. The van der Waals surface area contributed by atoms with Crippen molar-refractivity contribution < 1.29 is 9.21 Å². The van der Waals surface area contributed by atoms with E-state index >= 15 is 0 Å². The van der Waals surface area contributed by atoms with Gasteiger partial charge in [-0.15, -0.1) is 0 Å². The Hall–Kier alpha value is -3.22. The number of carbonyl (C=O) groups is 1. The van der Waals surface area contributed by atoms with Crippen LogP contribution in [0.2, 0.25) is 0 Å². The molecule has 1 atom stereocenters. The number of hydrogen-bond donors (Lipinski definition) is 1. The Kier molecular flexibility index (Phi) is 5.15. The number of halogens is 1. The third-order valence-corrected chi connectivity index (χ3v) is 8.47. The van der Waals surface area contributed by atoms with Crippen molar-refractivity contribution in [3.63, 3.8) is 0 Å². The van der Waals surface area contributed by atoms with Crippen molar-refractivity contribution in [1.29, 1.82) is 0 Å². The standard InChI is InChI=1S/C30H26BrN3O2/c31-24-2-1-3-25-27(24)33-29(34(25)18-30(13-14-32-17-30)28(35)20-6-7-20)21-8-4-19(5-9-21)22-10-11-26-23(16-22)12-15-36-26/h1-5,8-12,15-16,20,32H,6-7,13-14,17-18H2/t30-/m0/s1. The SMILES string of the molecule is O=C(C1CC1)[C@@]1(Cn2c(-c3ccc(-c4ccc5occc5c4)cc3)nc3c(Br)cccc32)CCNC1. The minimum atomic E-state index is -0.369. The van der Waals surface area contributed by atoms with E-state index in [4.69, 9.17) is 9.40 Å². The van der Waals surface area contributed by atoms with Crippen LogP contribution in [-0.2, 0) is 11.3 Å². The fraction of sp³-hybridized carbons (Fsp3) is 0.267. The highest BCUT2D eigenvalue weighted by atomic mass is 79.9. The van der Waals surface area contributed by atoms with Crippen LogP contribution in [0.5, 0.6) is 0 Å². The number of hydrogen-bond acceptors (Lipinski definition) is 4. The first-order chi connectivity index (χ1) is 17.6. The van der Waals surface area contributed by atoms with Crippen LogP contribution in [0.25, 0.3) is 44.5 Å². The predicted molar refractivity (Wildman–Crippen MR) is 146 cm³/mol. The van der Waals surface area contributed by atoms with Crippen LogP contribution in [0.4, 0.5) is 0 Å². The molecule has 1 saturated carbocycles. The van der Waals surface area contributed by atoms with E-state index < -0.39 is 0 Å². The van der Waals surface area contributed by atoms with Gasteiger partial charge in [0.2, 0.25) is 0 Å². The summed E-state index contributed by atoms with van der Waals surface area (Å²) in [4.78, 5) is 18.6. The highest BCUT2D eigenvalue weighted by molar-refractivity contribution is 9.10. The van der Waals surface area contributed by atoms with E-state index in [0.29, 0.717) is 12.3 Å². The minimum Gasteiger partial charge on any atom is -0.464 e. The van der Waals surface area contributed by atoms with Crippen LogP contribution in [0.3, 0.4) is 0 Å². The molecule has 0 amide bonds. The number of ketones is 1. The molecule has 0 spiro atoms. The van der Waals surface area contributed by atoms with Crippen molar-refractivity contribution in [1.82, 2.24) is 14.9 Å². The maximum absolute atomic E-state index is 13.5. The summed E-state index contributed by atoms with van der Waals surface area (Å²) in [5.74, 6) is 1.57. The quantitative estimate of drug-likeness (QED) is 0.256. The Bertz CT molecular complexity index is 1600. The van der Waals surface area contributed by atoms with E-state index in [1.807, 2.05) is 24.3 Å². The van der Waals surface area contributed by atoms with Crippen LogP contribution in [0, 0.1) is 11.3 Å². The summed E-state index contributed by atoms with van der Waals surface area (Å²) < 4.78 is 8.74. The van der Waals surface area contributed by atoms with E-state index in [1.54, 1.807) is 6.26 Å². The number of imidazole rings is 1. The van der Waals surface area contributed by atoms with Gasteiger partial charge in [-0.1, -0.05) is 36.4 Å². The number of aromatic nitrogens is 2. The number of furan rings is 1. The Labute approximate surface area is 217 Å². The van der Waals surface area contributed by atoms with Crippen molar-refractivity contribution in [2.45, 2.75) is 25.8 Å². The molecule has 6 heteroatoms. The summed E-state index contributed by atoms with van der Waals surface area (Å²) in [6.45, 7) is 2.28. The van der Waals surface area contributed by atoms with Gasteiger partial charge in [0.05, 0.1) is 17.2 Å². The minimum absolute atomic E-state index is 0.238. The maximum atomic E-state index is 13.5. The summed E-state index contributed by atoms with van der Waals surface area (Å²) in [6, 6.07) is 23.0. The normalized spacial score (nSPS) is 19.9. The molecule has 7 rings (SSSR count). The lowest BCUT2D eigenvalue weighted by atomic mass is 9.80. The average Bonchev–Trinajstić information content (AvgIpc) is 3.29. The van der Waals surface area contributed by atoms with Gasteiger partial charge in [0.15, 0.2) is 0 Å². The molecule has 1 aliphatic heterocycles. The molecule has 2 aliphatic rings. The molecule has 5 nitrogen and oxygen atoms in total. The molecular weight excluding hydrogens is 514 g/mol. The molecule has 5 aromatic rings. The average molecular weight is 540 g/mol. The number of nitrogens with one attached hydrogen (secondary N) is 1. The van der Waals surface area contributed by atoms with Gasteiger partial charge in [0.25, 0.3) is 0 Å². The highest BCUT2D eigenvalue weighted by Gasteiger charge is 2.48. The fourth-order valence-electron chi connectivity index (χ4n) is 5.70. The maximum Gasteiger partial charge on any atom is 0.145 e. The molecule has 0 radical (unpaired) electrons.